The molecule has 2 aliphatic rings. The van der Waals surface area contributed by atoms with E-state index in [4.69, 9.17) is 0 Å². The number of likely N-dealkylation sites (tertiary alicyclic amines) is 1. The molecule has 21 heavy (non-hydrogen) atoms. The van der Waals surface area contributed by atoms with Gasteiger partial charge in [-0.3, -0.25) is 4.90 Å². The number of rotatable bonds is 7. The van der Waals surface area contributed by atoms with Crippen LogP contribution in [0, 0.1) is 5.92 Å². The van der Waals surface area contributed by atoms with E-state index >= 15 is 0 Å². The standard InChI is InChI=1S/C18H28N2O/c21-13-10-18(19-17-6-7-17)16-8-11-20(12-9-16)14-15-4-2-1-3-5-15/h1-5,16-19,21H,6-14H2/t18-/m1/s1. The Morgan fingerprint density at radius 1 is 1.10 bits per heavy atom. The number of piperidine rings is 1. The summed E-state index contributed by atoms with van der Waals surface area (Å²) in [6.45, 7) is 3.77. The highest BCUT2D eigenvalue weighted by atomic mass is 16.3. The predicted molar refractivity (Wildman–Crippen MR) is 86.1 cm³/mol. The zero-order chi connectivity index (χ0) is 14.5. The first-order valence-electron chi connectivity index (χ1n) is 8.48. The van der Waals surface area contributed by atoms with Gasteiger partial charge in [0.1, 0.15) is 0 Å². The molecule has 0 aromatic heterocycles. The molecule has 3 rings (SSSR count). The Hall–Kier alpha value is -0.900. The molecule has 1 aromatic rings. The lowest BCUT2D eigenvalue weighted by Gasteiger charge is -2.36. The second-order valence-electron chi connectivity index (χ2n) is 6.66. The van der Waals surface area contributed by atoms with Crippen LogP contribution in [0.1, 0.15) is 37.7 Å². The molecule has 0 spiro atoms. The molecule has 2 fully saturated rings. The maximum Gasteiger partial charge on any atom is 0.0445 e. The van der Waals surface area contributed by atoms with Gasteiger partial charge < -0.3 is 10.4 Å². The SMILES string of the molecule is OCC[C@@H](NC1CC1)C1CCN(Cc2ccccc2)CC1. The summed E-state index contributed by atoms with van der Waals surface area (Å²) < 4.78 is 0. The van der Waals surface area contributed by atoms with Crippen LogP contribution in [0.4, 0.5) is 0 Å². The first kappa shape index (κ1) is 15.0. The van der Waals surface area contributed by atoms with E-state index in [0.717, 1.165) is 24.9 Å². The Morgan fingerprint density at radius 2 is 1.81 bits per heavy atom. The summed E-state index contributed by atoms with van der Waals surface area (Å²) in [6.07, 6.45) is 6.10. The van der Waals surface area contributed by atoms with Crippen LogP contribution in [-0.2, 0) is 6.54 Å². The highest BCUT2D eigenvalue weighted by Gasteiger charge is 2.31. The monoisotopic (exact) mass is 288 g/mol. The first-order valence-corrected chi connectivity index (χ1v) is 8.48. The topological polar surface area (TPSA) is 35.5 Å². The fourth-order valence-corrected chi connectivity index (χ4v) is 3.50. The lowest BCUT2D eigenvalue weighted by atomic mass is 9.87. The van der Waals surface area contributed by atoms with Gasteiger partial charge in [0, 0.05) is 25.2 Å². The van der Waals surface area contributed by atoms with Crippen LogP contribution in [0.3, 0.4) is 0 Å². The molecule has 3 heteroatoms. The average molecular weight is 288 g/mol. The van der Waals surface area contributed by atoms with Gasteiger partial charge in [0.05, 0.1) is 0 Å². The molecule has 1 aliphatic carbocycles. The fraction of sp³-hybridized carbons (Fsp3) is 0.667. The van der Waals surface area contributed by atoms with Gasteiger partial charge in [-0.2, -0.15) is 0 Å². The second-order valence-corrected chi connectivity index (χ2v) is 6.66. The molecular weight excluding hydrogens is 260 g/mol. The van der Waals surface area contributed by atoms with Crippen LogP contribution < -0.4 is 5.32 Å². The lowest BCUT2D eigenvalue weighted by molar-refractivity contribution is 0.138. The van der Waals surface area contributed by atoms with Crippen molar-refractivity contribution in [2.45, 2.75) is 50.7 Å². The van der Waals surface area contributed by atoms with Crippen molar-refractivity contribution in [3.8, 4) is 0 Å². The van der Waals surface area contributed by atoms with E-state index in [-0.39, 0.29) is 0 Å². The molecular formula is C18H28N2O. The minimum absolute atomic E-state index is 0.314. The molecule has 0 bridgehead atoms. The maximum absolute atomic E-state index is 9.30. The van der Waals surface area contributed by atoms with Gasteiger partial charge in [-0.1, -0.05) is 30.3 Å². The van der Waals surface area contributed by atoms with Crippen molar-refractivity contribution in [3.63, 3.8) is 0 Å². The van der Waals surface area contributed by atoms with Crippen LogP contribution in [0.5, 0.6) is 0 Å². The number of aliphatic hydroxyl groups excluding tert-OH is 1. The van der Waals surface area contributed by atoms with E-state index in [9.17, 15) is 5.11 Å². The number of aliphatic hydroxyl groups is 1. The summed E-state index contributed by atoms with van der Waals surface area (Å²) in [4.78, 5) is 2.57. The van der Waals surface area contributed by atoms with Crippen molar-refractivity contribution in [3.05, 3.63) is 35.9 Å². The van der Waals surface area contributed by atoms with Gasteiger partial charge in [-0.15, -0.1) is 0 Å². The zero-order valence-corrected chi connectivity index (χ0v) is 12.9. The summed E-state index contributed by atoms with van der Waals surface area (Å²) >= 11 is 0. The summed E-state index contributed by atoms with van der Waals surface area (Å²) in [5.41, 5.74) is 1.42. The first-order chi connectivity index (χ1) is 10.3. The second kappa shape index (κ2) is 7.39. The van der Waals surface area contributed by atoms with Crippen LogP contribution in [-0.4, -0.2) is 41.8 Å². The van der Waals surface area contributed by atoms with Crippen molar-refractivity contribution in [2.24, 2.45) is 5.92 Å². The molecule has 1 saturated heterocycles. The highest BCUT2D eigenvalue weighted by Crippen LogP contribution is 2.27. The molecule has 0 amide bonds. The van der Waals surface area contributed by atoms with Crippen molar-refractivity contribution >= 4 is 0 Å². The Labute approximate surface area is 128 Å². The third kappa shape index (κ3) is 4.53. The largest absolute Gasteiger partial charge is 0.396 e. The molecule has 1 aromatic carbocycles. The van der Waals surface area contributed by atoms with Gasteiger partial charge in [0.15, 0.2) is 0 Å². The molecule has 1 atom stereocenters. The number of benzene rings is 1. The number of nitrogens with one attached hydrogen (secondary N) is 1. The normalized spacial score (nSPS) is 22.3. The molecule has 0 unspecified atom stereocenters. The highest BCUT2D eigenvalue weighted by molar-refractivity contribution is 5.14. The zero-order valence-electron chi connectivity index (χ0n) is 12.9. The van der Waals surface area contributed by atoms with Crippen molar-refractivity contribution in [1.82, 2.24) is 10.2 Å². The van der Waals surface area contributed by atoms with E-state index < -0.39 is 0 Å². The Morgan fingerprint density at radius 3 is 2.43 bits per heavy atom. The Bertz CT molecular complexity index is 410. The smallest absolute Gasteiger partial charge is 0.0445 e. The summed E-state index contributed by atoms with van der Waals surface area (Å²) in [5, 5.41) is 13.0. The molecule has 3 nitrogen and oxygen atoms in total. The lowest BCUT2D eigenvalue weighted by Crippen LogP contribution is -2.44. The molecule has 2 N–H and O–H groups in total. The van der Waals surface area contributed by atoms with Crippen LogP contribution in [0.15, 0.2) is 30.3 Å². The molecule has 0 radical (unpaired) electrons. The predicted octanol–water partition coefficient (Wildman–Crippen LogP) is 2.40. The molecule has 1 aliphatic heterocycles. The summed E-state index contributed by atoms with van der Waals surface area (Å²) in [6, 6.07) is 12.0. The van der Waals surface area contributed by atoms with Crippen molar-refractivity contribution in [1.29, 1.82) is 0 Å². The van der Waals surface area contributed by atoms with E-state index in [1.54, 1.807) is 0 Å². The summed E-state index contributed by atoms with van der Waals surface area (Å²) in [5.74, 6) is 0.741. The molecule has 1 saturated carbocycles. The van der Waals surface area contributed by atoms with E-state index in [0.29, 0.717) is 12.6 Å². The van der Waals surface area contributed by atoms with Crippen molar-refractivity contribution in [2.75, 3.05) is 19.7 Å². The van der Waals surface area contributed by atoms with Gasteiger partial charge in [0.25, 0.3) is 0 Å². The van der Waals surface area contributed by atoms with Crippen LogP contribution in [0.2, 0.25) is 0 Å². The number of hydrogen-bond donors (Lipinski definition) is 2. The van der Waals surface area contributed by atoms with Gasteiger partial charge in [-0.25, -0.2) is 0 Å². The maximum atomic E-state index is 9.30. The van der Waals surface area contributed by atoms with E-state index in [1.807, 2.05) is 0 Å². The van der Waals surface area contributed by atoms with E-state index in [2.05, 4.69) is 40.5 Å². The van der Waals surface area contributed by atoms with Crippen LogP contribution in [0.25, 0.3) is 0 Å². The summed E-state index contributed by atoms with van der Waals surface area (Å²) in [7, 11) is 0. The van der Waals surface area contributed by atoms with Crippen LogP contribution >= 0.6 is 0 Å². The average Bonchev–Trinajstić information content (AvgIpc) is 3.33. The Kier molecular flexibility index (Phi) is 5.28. The quantitative estimate of drug-likeness (QED) is 0.809. The fourth-order valence-electron chi connectivity index (χ4n) is 3.50. The molecule has 116 valence electrons. The third-order valence-corrected chi connectivity index (χ3v) is 4.92. The molecule has 1 heterocycles. The van der Waals surface area contributed by atoms with Gasteiger partial charge in [0.2, 0.25) is 0 Å². The number of hydrogen-bond acceptors (Lipinski definition) is 3. The van der Waals surface area contributed by atoms with Gasteiger partial charge >= 0.3 is 0 Å². The minimum Gasteiger partial charge on any atom is -0.396 e. The van der Waals surface area contributed by atoms with Gasteiger partial charge in [-0.05, 0) is 56.7 Å². The van der Waals surface area contributed by atoms with E-state index in [1.165, 1.54) is 44.3 Å². The Balaban J connectivity index is 1.46. The third-order valence-electron chi connectivity index (χ3n) is 4.92. The number of nitrogens with zero attached hydrogens (tertiary/aromatic N) is 1. The minimum atomic E-state index is 0.314. The van der Waals surface area contributed by atoms with Crippen molar-refractivity contribution < 1.29 is 5.11 Å².